The number of aliphatic hydroxyl groups excluding tert-OH is 1. The Morgan fingerprint density at radius 2 is 2.40 bits per heavy atom. The molecule has 1 rings (SSSR count). The Morgan fingerprint density at radius 1 is 1.67 bits per heavy atom. The summed E-state index contributed by atoms with van der Waals surface area (Å²) >= 11 is 0. The summed E-state index contributed by atoms with van der Waals surface area (Å²) in [5.41, 5.74) is -0.199. The lowest BCUT2D eigenvalue weighted by Gasteiger charge is -2.08. The molecule has 0 fully saturated rings. The van der Waals surface area contributed by atoms with Gasteiger partial charge in [-0.25, -0.2) is 5.10 Å². The van der Waals surface area contributed by atoms with E-state index in [4.69, 9.17) is 5.11 Å². The van der Waals surface area contributed by atoms with Gasteiger partial charge in [-0.05, 0) is 12.0 Å². The molecule has 1 aromatic rings. The Morgan fingerprint density at radius 3 is 2.93 bits per heavy atom. The van der Waals surface area contributed by atoms with E-state index in [9.17, 15) is 9.59 Å². The molecule has 0 saturated carbocycles. The van der Waals surface area contributed by atoms with E-state index in [0.29, 0.717) is 6.54 Å². The zero-order chi connectivity index (χ0) is 11.3. The second-order valence-corrected chi connectivity index (χ2v) is 3.30. The Labute approximate surface area is 86.3 Å². The van der Waals surface area contributed by atoms with Gasteiger partial charge in [-0.2, -0.15) is 5.10 Å². The van der Waals surface area contributed by atoms with Crippen LogP contribution in [0.4, 0.5) is 0 Å². The number of rotatable bonds is 4. The minimum atomic E-state index is -0.369. The lowest BCUT2D eigenvalue weighted by molar-refractivity contribution is 0.0936. The topological polar surface area (TPSA) is 95.1 Å². The number of carbonyl (C=O) groups excluding carboxylic acids is 1. The quantitative estimate of drug-likeness (QED) is 0.603. The number of nitrogens with zero attached hydrogens (tertiary/aromatic N) is 1. The van der Waals surface area contributed by atoms with Gasteiger partial charge in [0.1, 0.15) is 5.69 Å². The van der Waals surface area contributed by atoms with Crippen LogP contribution in [0, 0.1) is 5.92 Å². The molecule has 1 heterocycles. The summed E-state index contributed by atoms with van der Waals surface area (Å²) in [6.07, 6.45) is 0. The van der Waals surface area contributed by atoms with Gasteiger partial charge in [0, 0.05) is 19.2 Å². The summed E-state index contributed by atoms with van der Waals surface area (Å²) in [5.74, 6) is -0.372. The van der Waals surface area contributed by atoms with Crippen LogP contribution in [0.15, 0.2) is 16.9 Å². The van der Waals surface area contributed by atoms with Gasteiger partial charge in [-0.15, -0.1) is 0 Å². The van der Waals surface area contributed by atoms with E-state index in [0.717, 1.165) is 0 Å². The fourth-order valence-electron chi connectivity index (χ4n) is 0.893. The Balaban J connectivity index is 2.54. The van der Waals surface area contributed by atoms with Crippen LogP contribution in [0.1, 0.15) is 17.4 Å². The van der Waals surface area contributed by atoms with E-state index >= 15 is 0 Å². The molecular formula is C9H13N3O3. The molecule has 0 spiro atoms. The largest absolute Gasteiger partial charge is 0.396 e. The third-order valence-electron chi connectivity index (χ3n) is 1.83. The molecule has 0 bridgehead atoms. The van der Waals surface area contributed by atoms with Crippen molar-refractivity contribution in [3.8, 4) is 0 Å². The van der Waals surface area contributed by atoms with Crippen LogP contribution in [0.2, 0.25) is 0 Å². The second kappa shape index (κ2) is 5.26. The summed E-state index contributed by atoms with van der Waals surface area (Å²) in [6, 6.07) is 2.58. The number of aromatic nitrogens is 2. The first-order valence-corrected chi connectivity index (χ1v) is 4.58. The van der Waals surface area contributed by atoms with E-state index < -0.39 is 0 Å². The zero-order valence-corrected chi connectivity index (χ0v) is 8.36. The monoisotopic (exact) mass is 211 g/mol. The third-order valence-corrected chi connectivity index (χ3v) is 1.83. The van der Waals surface area contributed by atoms with Crippen molar-refractivity contribution in [1.29, 1.82) is 0 Å². The third kappa shape index (κ3) is 3.51. The summed E-state index contributed by atoms with van der Waals surface area (Å²) in [6.45, 7) is 2.19. The molecule has 0 saturated heterocycles. The van der Waals surface area contributed by atoms with Crippen LogP contribution in [-0.2, 0) is 0 Å². The summed E-state index contributed by atoms with van der Waals surface area (Å²) in [4.78, 5) is 22.1. The Bertz CT molecular complexity index is 368. The van der Waals surface area contributed by atoms with Crippen LogP contribution < -0.4 is 10.9 Å². The average Bonchev–Trinajstić information content (AvgIpc) is 2.26. The van der Waals surface area contributed by atoms with E-state index in [1.807, 2.05) is 0 Å². The molecule has 15 heavy (non-hydrogen) atoms. The van der Waals surface area contributed by atoms with Crippen molar-refractivity contribution in [3.05, 3.63) is 28.2 Å². The highest BCUT2D eigenvalue weighted by Crippen LogP contribution is 1.92. The van der Waals surface area contributed by atoms with Crippen molar-refractivity contribution in [3.63, 3.8) is 0 Å². The highest BCUT2D eigenvalue weighted by Gasteiger charge is 2.08. The van der Waals surface area contributed by atoms with Gasteiger partial charge >= 0.3 is 0 Å². The SMILES string of the molecule is CC(CO)CNC(=O)c1ccc(=O)[nH]n1. The normalized spacial score (nSPS) is 12.1. The lowest BCUT2D eigenvalue weighted by Crippen LogP contribution is -2.30. The van der Waals surface area contributed by atoms with Crippen molar-refractivity contribution in [2.45, 2.75) is 6.92 Å². The van der Waals surface area contributed by atoms with Crippen molar-refractivity contribution in [2.75, 3.05) is 13.2 Å². The predicted octanol–water partition coefficient (Wildman–Crippen LogP) is -0.872. The molecule has 0 aromatic carbocycles. The molecule has 82 valence electrons. The molecule has 1 unspecified atom stereocenters. The molecular weight excluding hydrogens is 198 g/mol. The molecule has 1 amide bonds. The maximum absolute atomic E-state index is 11.4. The molecule has 0 aliphatic rings. The molecule has 0 aliphatic heterocycles. The van der Waals surface area contributed by atoms with Gasteiger partial charge in [0.05, 0.1) is 0 Å². The average molecular weight is 211 g/mol. The van der Waals surface area contributed by atoms with Crippen molar-refractivity contribution < 1.29 is 9.90 Å². The number of carbonyl (C=O) groups is 1. The summed E-state index contributed by atoms with van der Waals surface area (Å²) in [7, 11) is 0. The second-order valence-electron chi connectivity index (χ2n) is 3.30. The number of amides is 1. The number of aromatic amines is 1. The molecule has 6 heteroatoms. The van der Waals surface area contributed by atoms with Crippen LogP contribution in [0.5, 0.6) is 0 Å². The van der Waals surface area contributed by atoms with Crippen molar-refractivity contribution in [1.82, 2.24) is 15.5 Å². The van der Waals surface area contributed by atoms with Crippen molar-refractivity contribution in [2.24, 2.45) is 5.92 Å². The number of H-pyrrole nitrogens is 1. The Kier molecular flexibility index (Phi) is 3.99. The fourth-order valence-corrected chi connectivity index (χ4v) is 0.893. The zero-order valence-electron chi connectivity index (χ0n) is 8.36. The maximum atomic E-state index is 11.4. The minimum Gasteiger partial charge on any atom is -0.396 e. The van der Waals surface area contributed by atoms with Crippen molar-refractivity contribution >= 4 is 5.91 Å². The predicted molar refractivity (Wildman–Crippen MR) is 53.4 cm³/mol. The molecule has 3 N–H and O–H groups in total. The van der Waals surface area contributed by atoms with Crippen LogP contribution >= 0.6 is 0 Å². The van der Waals surface area contributed by atoms with Gasteiger partial charge in [-0.3, -0.25) is 9.59 Å². The number of nitrogens with one attached hydrogen (secondary N) is 2. The van der Waals surface area contributed by atoms with Gasteiger partial charge in [0.2, 0.25) is 0 Å². The summed E-state index contributed by atoms with van der Waals surface area (Å²) < 4.78 is 0. The molecule has 0 radical (unpaired) electrons. The number of hydrogen-bond acceptors (Lipinski definition) is 4. The first kappa shape index (κ1) is 11.4. The van der Waals surface area contributed by atoms with Crippen LogP contribution in [0.3, 0.4) is 0 Å². The van der Waals surface area contributed by atoms with Gasteiger partial charge in [-0.1, -0.05) is 6.92 Å². The van der Waals surface area contributed by atoms with E-state index in [-0.39, 0.29) is 29.7 Å². The van der Waals surface area contributed by atoms with E-state index in [2.05, 4.69) is 15.5 Å². The first-order valence-electron chi connectivity index (χ1n) is 4.58. The smallest absolute Gasteiger partial charge is 0.271 e. The molecule has 1 aromatic heterocycles. The van der Waals surface area contributed by atoms with Crippen LogP contribution in [0.25, 0.3) is 0 Å². The fraction of sp³-hybridized carbons (Fsp3) is 0.444. The van der Waals surface area contributed by atoms with Gasteiger partial charge in [0.15, 0.2) is 0 Å². The van der Waals surface area contributed by atoms with Gasteiger partial charge in [0.25, 0.3) is 11.5 Å². The minimum absolute atomic E-state index is 0.00305. The van der Waals surface area contributed by atoms with E-state index in [1.165, 1.54) is 12.1 Å². The van der Waals surface area contributed by atoms with Crippen LogP contribution in [-0.4, -0.2) is 34.4 Å². The lowest BCUT2D eigenvalue weighted by atomic mass is 10.2. The molecule has 1 atom stereocenters. The number of aliphatic hydroxyl groups is 1. The molecule has 0 aliphatic carbocycles. The number of hydrogen-bond donors (Lipinski definition) is 3. The molecule has 6 nitrogen and oxygen atoms in total. The highest BCUT2D eigenvalue weighted by molar-refractivity contribution is 5.91. The van der Waals surface area contributed by atoms with Gasteiger partial charge < -0.3 is 10.4 Å². The van der Waals surface area contributed by atoms with E-state index in [1.54, 1.807) is 6.92 Å². The highest BCUT2D eigenvalue weighted by atomic mass is 16.3. The Hall–Kier alpha value is -1.69. The standard InChI is InChI=1S/C9H13N3O3/c1-6(5-13)4-10-9(15)7-2-3-8(14)12-11-7/h2-3,6,13H,4-5H2,1H3,(H,10,15)(H,12,14). The first-order chi connectivity index (χ1) is 7.13. The summed E-state index contributed by atoms with van der Waals surface area (Å²) in [5, 5.41) is 17.1. The maximum Gasteiger partial charge on any atom is 0.271 e.